The normalized spacial score (nSPS) is 33.2. The molecule has 3 nitrogen and oxygen atoms in total. The van der Waals surface area contributed by atoms with E-state index in [2.05, 4.69) is 11.8 Å². The number of hydrogen-bond acceptors (Lipinski definition) is 2. The lowest BCUT2D eigenvalue weighted by atomic mass is 9.72. The summed E-state index contributed by atoms with van der Waals surface area (Å²) in [7, 11) is 0. The Balaban J connectivity index is 2.01. The van der Waals surface area contributed by atoms with E-state index in [1.165, 1.54) is 44.9 Å². The van der Waals surface area contributed by atoms with Crippen molar-refractivity contribution < 1.29 is 9.90 Å². The van der Waals surface area contributed by atoms with E-state index in [9.17, 15) is 9.90 Å². The fraction of sp³-hybridized carbons (Fsp3) is 0.938. The number of piperidine rings is 1. The van der Waals surface area contributed by atoms with Gasteiger partial charge in [0.25, 0.3) is 0 Å². The molecule has 1 heterocycles. The fourth-order valence-corrected chi connectivity index (χ4v) is 4.17. The molecule has 2 fully saturated rings. The summed E-state index contributed by atoms with van der Waals surface area (Å²) in [6.07, 6.45) is 11.4. The van der Waals surface area contributed by atoms with Crippen LogP contribution in [0.4, 0.5) is 0 Å². The molecule has 0 aromatic heterocycles. The van der Waals surface area contributed by atoms with E-state index in [4.69, 9.17) is 0 Å². The van der Waals surface area contributed by atoms with E-state index in [0.717, 1.165) is 31.8 Å². The van der Waals surface area contributed by atoms with Crippen LogP contribution in [-0.4, -0.2) is 34.6 Å². The summed E-state index contributed by atoms with van der Waals surface area (Å²) in [4.78, 5) is 13.8. The predicted molar refractivity (Wildman–Crippen MR) is 77.3 cm³/mol. The van der Waals surface area contributed by atoms with Crippen LogP contribution in [0.5, 0.6) is 0 Å². The van der Waals surface area contributed by atoms with Gasteiger partial charge >= 0.3 is 5.97 Å². The lowest BCUT2D eigenvalue weighted by Crippen LogP contribution is -2.54. The summed E-state index contributed by atoms with van der Waals surface area (Å²) in [5, 5.41) is 9.30. The molecule has 0 aromatic rings. The number of aliphatic carboxylic acids is 1. The van der Waals surface area contributed by atoms with Crippen LogP contribution in [0.25, 0.3) is 0 Å². The van der Waals surface area contributed by atoms with Gasteiger partial charge in [0.05, 0.1) is 6.42 Å². The minimum absolute atomic E-state index is 0.0174. The molecule has 110 valence electrons. The Bertz CT molecular complexity index is 289. The Morgan fingerprint density at radius 2 is 1.84 bits per heavy atom. The highest BCUT2D eigenvalue weighted by atomic mass is 16.4. The van der Waals surface area contributed by atoms with E-state index >= 15 is 0 Å². The van der Waals surface area contributed by atoms with Crippen LogP contribution in [0.3, 0.4) is 0 Å². The molecule has 0 atom stereocenters. The van der Waals surface area contributed by atoms with Gasteiger partial charge < -0.3 is 5.11 Å². The first-order valence-electron chi connectivity index (χ1n) is 8.13. The van der Waals surface area contributed by atoms with E-state index in [1.54, 1.807) is 0 Å². The topological polar surface area (TPSA) is 40.5 Å². The number of nitrogens with zero attached hydrogens (tertiary/aromatic N) is 1. The van der Waals surface area contributed by atoms with Crippen LogP contribution in [0.15, 0.2) is 0 Å². The van der Waals surface area contributed by atoms with Crippen molar-refractivity contribution in [3.63, 3.8) is 0 Å². The maximum atomic E-state index is 11.3. The zero-order valence-electron chi connectivity index (χ0n) is 12.4. The van der Waals surface area contributed by atoms with E-state index < -0.39 is 5.97 Å². The van der Waals surface area contributed by atoms with Gasteiger partial charge in [-0.05, 0) is 57.5 Å². The van der Waals surface area contributed by atoms with Gasteiger partial charge in [0.1, 0.15) is 0 Å². The third-order valence-corrected chi connectivity index (χ3v) is 5.24. The van der Waals surface area contributed by atoms with Gasteiger partial charge in [-0.1, -0.05) is 26.2 Å². The average Bonchev–Trinajstić information content (AvgIpc) is 2.42. The number of hydrogen-bond donors (Lipinski definition) is 1. The molecule has 1 aliphatic carbocycles. The summed E-state index contributed by atoms with van der Waals surface area (Å²) in [5.74, 6) is 0.233. The van der Waals surface area contributed by atoms with Crippen molar-refractivity contribution in [1.82, 2.24) is 4.90 Å². The van der Waals surface area contributed by atoms with E-state index in [-0.39, 0.29) is 5.54 Å². The van der Waals surface area contributed by atoms with Gasteiger partial charge in [-0.3, -0.25) is 9.69 Å². The Kier molecular flexibility index (Phi) is 5.26. The monoisotopic (exact) mass is 267 g/mol. The number of rotatable bonds is 5. The molecule has 2 aliphatic rings. The highest BCUT2D eigenvalue weighted by molar-refractivity contribution is 5.68. The van der Waals surface area contributed by atoms with Crippen molar-refractivity contribution in [3.8, 4) is 0 Å². The molecule has 2 rings (SSSR count). The van der Waals surface area contributed by atoms with Crippen LogP contribution < -0.4 is 0 Å². The van der Waals surface area contributed by atoms with Crippen molar-refractivity contribution in [2.24, 2.45) is 5.92 Å². The molecule has 1 aliphatic heterocycles. The molecular weight excluding hydrogens is 238 g/mol. The number of likely N-dealkylation sites (tertiary alicyclic amines) is 1. The summed E-state index contributed by atoms with van der Waals surface area (Å²) in [6.45, 7) is 4.49. The van der Waals surface area contributed by atoms with Crippen molar-refractivity contribution in [3.05, 3.63) is 0 Å². The smallest absolute Gasteiger partial charge is 0.305 e. The summed E-state index contributed by atoms with van der Waals surface area (Å²) < 4.78 is 0. The molecule has 0 radical (unpaired) electrons. The minimum atomic E-state index is -0.612. The largest absolute Gasteiger partial charge is 0.481 e. The summed E-state index contributed by atoms with van der Waals surface area (Å²) in [6, 6.07) is 0. The van der Waals surface area contributed by atoms with E-state index in [0.29, 0.717) is 6.42 Å². The van der Waals surface area contributed by atoms with Crippen molar-refractivity contribution in [2.75, 3.05) is 13.1 Å². The highest BCUT2D eigenvalue weighted by Crippen LogP contribution is 2.41. The second-order valence-corrected chi connectivity index (χ2v) is 6.57. The number of carboxylic acid groups (broad SMARTS) is 1. The molecule has 0 spiro atoms. The molecular formula is C16H29NO2. The zero-order chi connectivity index (χ0) is 13.7. The maximum Gasteiger partial charge on any atom is 0.305 e. The van der Waals surface area contributed by atoms with Crippen molar-refractivity contribution >= 4 is 5.97 Å². The minimum Gasteiger partial charge on any atom is -0.481 e. The third kappa shape index (κ3) is 3.71. The van der Waals surface area contributed by atoms with Crippen LogP contribution in [0.1, 0.15) is 71.1 Å². The Hall–Kier alpha value is -0.570. The predicted octanol–water partition coefficient (Wildman–Crippen LogP) is 3.68. The fourth-order valence-electron chi connectivity index (χ4n) is 4.17. The highest BCUT2D eigenvalue weighted by Gasteiger charge is 2.41. The van der Waals surface area contributed by atoms with Gasteiger partial charge in [-0.25, -0.2) is 0 Å². The summed E-state index contributed by atoms with van der Waals surface area (Å²) >= 11 is 0. The van der Waals surface area contributed by atoms with Crippen molar-refractivity contribution in [1.29, 1.82) is 0 Å². The second-order valence-electron chi connectivity index (χ2n) is 6.57. The van der Waals surface area contributed by atoms with Gasteiger partial charge in [-0.15, -0.1) is 0 Å². The zero-order valence-corrected chi connectivity index (χ0v) is 12.4. The third-order valence-electron chi connectivity index (χ3n) is 5.24. The molecule has 0 aromatic carbocycles. The molecule has 3 heteroatoms. The van der Waals surface area contributed by atoms with Gasteiger partial charge in [0, 0.05) is 5.54 Å². The Morgan fingerprint density at radius 1 is 1.21 bits per heavy atom. The molecule has 0 unspecified atom stereocenters. The molecule has 19 heavy (non-hydrogen) atoms. The second kappa shape index (κ2) is 6.74. The molecule has 1 N–H and O–H groups in total. The molecule has 0 amide bonds. The Labute approximate surface area is 117 Å². The SMILES string of the molecule is CCCC1CCC(CC(=O)O)(N2CCCCC2)CC1. The van der Waals surface area contributed by atoms with Gasteiger partial charge in [-0.2, -0.15) is 0 Å². The number of carboxylic acids is 1. The standard InChI is InChI=1S/C16H29NO2/c1-2-6-14-7-9-16(10-8-14,13-15(18)19)17-11-4-3-5-12-17/h14H,2-13H2,1H3,(H,18,19). The Morgan fingerprint density at radius 3 is 2.37 bits per heavy atom. The van der Waals surface area contributed by atoms with Crippen LogP contribution in [-0.2, 0) is 4.79 Å². The number of carbonyl (C=O) groups is 1. The average molecular weight is 267 g/mol. The summed E-state index contributed by atoms with van der Waals surface area (Å²) in [5.41, 5.74) is -0.0174. The first-order valence-corrected chi connectivity index (χ1v) is 8.13. The van der Waals surface area contributed by atoms with Crippen LogP contribution in [0.2, 0.25) is 0 Å². The molecule has 1 saturated carbocycles. The molecule has 0 bridgehead atoms. The van der Waals surface area contributed by atoms with Gasteiger partial charge in [0.15, 0.2) is 0 Å². The van der Waals surface area contributed by atoms with Crippen LogP contribution >= 0.6 is 0 Å². The first kappa shape index (κ1) is 14.8. The lowest BCUT2D eigenvalue weighted by Gasteiger charge is -2.49. The molecule has 1 saturated heterocycles. The lowest BCUT2D eigenvalue weighted by molar-refractivity contribution is -0.142. The van der Waals surface area contributed by atoms with E-state index in [1.807, 2.05) is 0 Å². The van der Waals surface area contributed by atoms with Gasteiger partial charge in [0.2, 0.25) is 0 Å². The van der Waals surface area contributed by atoms with Crippen molar-refractivity contribution in [2.45, 2.75) is 76.7 Å². The first-order chi connectivity index (χ1) is 9.16. The quantitative estimate of drug-likeness (QED) is 0.826. The van der Waals surface area contributed by atoms with Crippen LogP contribution in [0, 0.1) is 5.92 Å². The maximum absolute atomic E-state index is 11.3.